The number of carbonyl (C=O) groups excluding carboxylic acids is 1. The SMILES string of the molecule is O=C(Nc1cc([N+](=O)[O-])ccc1Br)C1CSCN1. The van der Waals surface area contributed by atoms with Gasteiger partial charge in [-0.2, -0.15) is 0 Å². The van der Waals surface area contributed by atoms with Crippen molar-refractivity contribution in [3.63, 3.8) is 0 Å². The second-order valence-corrected chi connectivity index (χ2v) is 5.57. The van der Waals surface area contributed by atoms with Crippen molar-refractivity contribution in [2.45, 2.75) is 6.04 Å². The first-order valence-electron chi connectivity index (χ1n) is 5.14. The van der Waals surface area contributed by atoms with E-state index in [9.17, 15) is 14.9 Å². The Labute approximate surface area is 116 Å². The van der Waals surface area contributed by atoms with E-state index in [0.717, 1.165) is 5.88 Å². The van der Waals surface area contributed by atoms with Crippen molar-refractivity contribution in [1.82, 2.24) is 5.32 Å². The molecule has 1 aliphatic rings. The van der Waals surface area contributed by atoms with Crippen molar-refractivity contribution >= 4 is 45.0 Å². The van der Waals surface area contributed by atoms with E-state index in [2.05, 4.69) is 26.6 Å². The van der Waals surface area contributed by atoms with Crippen molar-refractivity contribution in [2.75, 3.05) is 16.9 Å². The number of amides is 1. The molecule has 8 heteroatoms. The molecule has 0 spiro atoms. The molecule has 6 nitrogen and oxygen atoms in total. The predicted octanol–water partition coefficient (Wildman–Crippen LogP) is 1.96. The lowest BCUT2D eigenvalue weighted by atomic mass is 10.2. The Bertz CT molecular complexity index is 491. The molecule has 1 fully saturated rings. The second-order valence-electron chi connectivity index (χ2n) is 3.68. The van der Waals surface area contributed by atoms with Crippen LogP contribution in [-0.2, 0) is 4.79 Å². The summed E-state index contributed by atoms with van der Waals surface area (Å²) in [4.78, 5) is 22.0. The fourth-order valence-corrected chi connectivity index (χ4v) is 2.79. The van der Waals surface area contributed by atoms with Gasteiger partial charge in [0.1, 0.15) is 0 Å². The minimum Gasteiger partial charge on any atom is -0.323 e. The van der Waals surface area contributed by atoms with Crippen LogP contribution in [0, 0.1) is 10.1 Å². The Hall–Kier alpha value is -1.12. The van der Waals surface area contributed by atoms with E-state index in [1.165, 1.54) is 12.1 Å². The minimum absolute atomic E-state index is 0.0535. The molecular formula is C10H10BrN3O3S. The van der Waals surface area contributed by atoms with Crippen LogP contribution < -0.4 is 10.6 Å². The van der Waals surface area contributed by atoms with Gasteiger partial charge in [-0.3, -0.25) is 20.2 Å². The van der Waals surface area contributed by atoms with Crippen LogP contribution in [0.5, 0.6) is 0 Å². The first-order valence-corrected chi connectivity index (χ1v) is 7.08. The molecule has 1 amide bonds. The number of carbonyl (C=O) groups is 1. The van der Waals surface area contributed by atoms with Crippen LogP contribution in [-0.4, -0.2) is 28.5 Å². The van der Waals surface area contributed by atoms with Crippen molar-refractivity contribution in [3.05, 3.63) is 32.8 Å². The molecule has 1 aliphatic heterocycles. The van der Waals surface area contributed by atoms with Gasteiger partial charge in [0.05, 0.1) is 16.7 Å². The highest BCUT2D eigenvalue weighted by Gasteiger charge is 2.23. The van der Waals surface area contributed by atoms with E-state index in [0.29, 0.717) is 15.9 Å². The predicted molar refractivity (Wildman–Crippen MR) is 73.7 cm³/mol. The van der Waals surface area contributed by atoms with Crippen LogP contribution in [0.4, 0.5) is 11.4 Å². The van der Waals surface area contributed by atoms with Gasteiger partial charge in [0.25, 0.3) is 5.69 Å². The highest BCUT2D eigenvalue weighted by atomic mass is 79.9. The third-order valence-electron chi connectivity index (χ3n) is 2.45. The number of hydrogen-bond acceptors (Lipinski definition) is 5. The van der Waals surface area contributed by atoms with Gasteiger partial charge in [0, 0.05) is 28.2 Å². The van der Waals surface area contributed by atoms with Crippen molar-refractivity contribution in [3.8, 4) is 0 Å². The number of anilines is 1. The lowest BCUT2D eigenvalue weighted by molar-refractivity contribution is -0.384. The first kappa shape index (κ1) is 13.3. The minimum atomic E-state index is -0.494. The summed E-state index contributed by atoms with van der Waals surface area (Å²) in [7, 11) is 0. The van der Waals surface area contributed by atoms with Crippen LogP contribution in [0.15, 0.2) is 22.7 Å². The molecule has 1 heterocycles. The van der Waals surface area contributed by atoms with Gasteiger partial charge >= 0.3 is 0 Å². The summed E-state index contributed by atoms with van der Waals surface area (Å²) in [6, 6.07) is 4.01. The average molecular weight is 332 g/mol. The molecule has 1 unspecified atom stereocenters. The number of nitro benzene ring substituents is 1. The molecule has 0 radical (unpaired) electrons. The standard InChI is InChI=1S/C10H10BrN3O3S/c11-7-2-1-6(14(16)17)3-8(7)13-10(15)9-4-18-5-12-9/h1-3,9,12H,4-5H2,(H,13,15). The van der Waals surface area contributed by atoms with Crippen molar-refractivity contribution < 1.29 is 9.72 Å². The number of rotatable bonds is 3. The van der Waals surface area contributed by atoms with Crippen molar-refractivity contribution in [2.24, 2.45) is 0 Å². The maximum Gasteiger partial charge on any atom is 0.271 e. The number of nitrogens with one attached hydrogen (secondary N) is 2. The molecule has 2 rings (SSSR count). The number of hydrogen-bond donors (Lipinski definition) is 2. The third-order valence-corrected chi connectivity index (χ3v) is 4.08. The third kappa shape index (κ3) is 3.01. The van der Waals surface area contributed by atoms with E-state index < -0.39 is 4.92 Å². The Kier molecular flexibility index (Phi) is 4.20. The fourth-order valence-electron chi connectivity index (χ4n) is 1.51. The normalized spacial score (nSPS) is 18.6. The zero-order chi connectivity index (χ0) is 13.1. The van der Waals surface area contributed by atoms with Crippen LogP contribution in [0.2, 0.25) is 0 Å². The lowest BCUT2D eigenvalue weighted by Gasteiger charge is -2.11. The fraction of sp³-hybridized carbons (Fsp3) is 0.300. The maximum absolute atomic E-state index is 11.9. The molecule has 0 saturated carbocycles. The Morgan fingerprint density at radius 2 is 2.39 bits per heavy atom. The highest BCUT2D eigenvalue weighted by molar-refractivity contribution is 9.10. The van der Waals surface area contributed by atoms with Gasteiger partial charge in [-0.15, -0.1) is 11.8 Å². The number of benzene rings is 1. The molecule has 18 heavy (non-hydrogen) atoms. The second kappa shape index (κ2) is 5.68. The van der Waals surface area contributed by atoms with Crippen molar-refractivity contribution in [1.29, 1.82) is 0 Å². The Morgan fingerprint density at radius 1 is 1.61 bits per heavy atom. The summed E-state index contributed by atoms with van der Waals surface area (Å²) in [6.45, 7) is 0. The number of thioether (sulfide) groups is 1. The van der Waals surface area contributed by atoms with E-state index in [-0.39, 0.29) is 17.6 Å². The van der Waals surface area contributed by atoms with E-state index in [4.69, 9.17) is 0 Å². The zero-order valence-corrected chi connectivity index (χ0v) is 11.6. The summed E-state index contributed by atoms with van der Waals surface area (Å²) < 4.78 is 0.618. The van der Waals surface area contributed by atoms with Crippen LogP contribution >= 0.6 is 27.7 Å². The van der Waals surface area contributed by atoms with Crippen LogP contribution in [0.1, 0.15) is 0 Å². The summed E-state index contributed by atoms with van der Waals surface area (Å²) in [5.74, 6) is 1.27. The topological polar surface area (TPSA) is 84.3 Å². The van der Waals surface area contributed by atoms with E-state index in [1.54, 1.807) is 17.8 Å². The summed E-state index contributed by atoms with van der Waals surface area (Å²) in [5, 5.41) is 16.4. The highest BCUT2D eigenvalue weighted by Crippen LogP contribution is 2.27. The first-order chi connectivity index (χ1) is 8.58. The molecule has 1 saturated heterocycles. The van der Waals surface area contributed by atoms with Gasteiger partial charge in [-0.25, -0.2) is 0 Å². The molecule has 1 atom stereocenters. The zero-order valence-electron chi connectivity index (χ0n) is 9.18. The monoisotopic (exact) mass is 331 g/mol. The molecular weight excluding hydrogens is 322 g/mol. The van der Waals surface area contributed by atoms with E-state index in [1.807, 2.05) is 0 Å². The quantitative estimate of drug-likeness (QED) is 0.653. The largest absolute Gasteiger partial charge is 0.323 e. The number of halogens is 1. The molecule has 1 aromatic rings. The smallest absolute Gasteiger partial charge is 0.271 e. The molecule has 0 aliphatic carbocycles. The summed E-state index contributed by atoms with van der Waals surface area (Å²) in [6.07, 6.45) is 0. The molecule has 1 aromatic carbocycles. The average Bonchev–Trinajstić information content (AvgIpc) is 2.85. The van der Waals surface area contributed by atoms with Crippen LogP contribution in [0.25, 0.3) is 0 Å². The van der Waals surface area contributed by atoms with E-state index >= 15 is 0 Å². The molecule has 2 N–H and O–H groups in total. The van der Waals surface area contributed by atoms with Gasteiger partial charge in [-0.1, -0.05) is 0 Å². The number of non-ortho nitro benzene ring substituents is 1. The molecule has 96 valence electrons. The van der Waals surface area contributed by atoms with Gasteiger partial charge in [0.2, 0.25) is 5.91 Å². The molecule has 0 aromatic heterocycles. The number of nitrogens with zero attached hydrogens (tertiary/aromatic N) is 1. The Balaban J connectivity index is 2.14. The maximum atomic E-state index is 11.9. The van der Waals surface area contributed by atoms with Gasteiger partial charge in [-0.05, 0) is 22.0 Å². The van der Waals surface area contributed by atoms with Gasteiger partial charge < -0.3 is 5.32 Å². The summed E-state index contributed by atoms with van der Waals surface area (Å²) >= 11 is 4.90. The van der Waals surface area contributed by atoms with Gasteiger partial charge in [0.15, 0.2) is 0 Å². The lowest BCUT2D eigenvalue weighted by Crippen LogP contribution is -2.37. The summed E-state index contributed by atoms with van der Waals surface area (Å²) in [5.41, 5.74) is 0.357. The van der Waals surface area contributed by atoms with Crippen LogP contribution in [0.3, 0.4) is 0 Å². The molecule has 0 bridgehead atoms. The Morgan fingerprint density at radius 3 is 3.00 bits per heavy atom. The number of nitro groups is 1.